The monoisotopic (exact) mass is 307 g/mol. The van der Waals surface area contributed by atoms with Gasteiger partial charge in [-0.1, -0.05) is 0 Å². The maximum Gasteiger partial charge on any atom is 0.332 e. The molecule has 1 N–H and O–H groups in total. The summed E-state index contributed by atoms with van der Waals surface area (Å²) in [6.07, 6.45) is 1.42. The number of anilines is 1. The molecule has 0 saturated heterocycles. The van der Waals surface area contributed by atoms with Crippen LogP contribution < -0.4 is 16.1 Å². The number of aryl methyl sites for hydroxylation is 2. The molecule has 0 saturated carbocycles. The Morgan fingerprint density at radius 3 is 2.55 bits per heavy atom. The topological polar surface area (TPSA) is 85.3 Å². The van der Waals surface area contributed by atoms with Gasteiger partial charge in [0, 0.05) is 33.7 Å². The highest BCUT2D eigenvalue weighted by atomic mass is 16.3. The van der Waals surface area contributed by atoms with Crippen molar-refractivity contribution in [2.24, 2.45) is 14.1 Å². The number of imidazole rings is 1. The van der Waals surface area contributed by atoms with Gasteiger partial charge in [-0.2, -0.15) is 4.98 Å². The van der Waals surface area contributed by atoms with Crippen LogP contribution in [0, 0.1) is 0 Å². The molecule has 0 bridgehead atoms. The predicted octanol–water partition coefficient (Wildman–Crippen LogP) is -0.585. The van der Waals surface area contributed by atoms with Gasteiger partial charge in [0.05, 0.1) is 6.10 Å². The quantitative estimate of drug-likeness (QED) is 0.802. The third kappa shape index (κ3) is 2.14. The maximum atomic E-state index is 12.5. The first kappa shape index (κ1) is 14.8. The van der Waals surface area contributed by atoms with Gasteiger partial charge in [-0.3, -0.25) is 13.9 Å². The van der Waals surface area contributed by atoms with Crippen molar-refractivity contribution in [2.45, 2.75) is 32.4 Å². The van der Waals surface area contributed by atoms with Crippen LogP contribution in [0.1, 0.15) is 19.8 Å². The lowest BCUT2D eigenvalue weighted by molar-refractivity contribution is 0.199. The van der Waals surface area contributed by atoms with Crippen molar-refractivity contribution in [1.29, 1.82) is 0 Å². The zero-order valence-electron chi connectivity index (χ0n) is 13.1. The summed E-state index contributed by atoms with van der Waals surface area (Å²) in [5.74, 6) is 0.659. The van der Waals surface area contributed by atoms with Crippen molar-refractivity contribution in [2.75, 3.05) is 18.0 Å². The molecule has 0 radical (unpaired) electrons. The van der Waals surface area contributed by atoms with Gasteiger partial charge in [0.1, 0.15) is 0 Å². The Bertz CT molecular complexity index is 830. The van der Waals surface area contributed by atoms with Crippen molar-refractivity contribution in [3.63, 3.8) is 0 Å². The number of aliphatic hydroxyl groups is 1. The zero-order valence-corrected chi connectivity index (χ0v) is 13.1. The molecule has 1 aliphatic rings. The van der Waals surface area contributed by atoms with Gasteiger partial charge in [0.2, 0.25) is 5.95 Å². The van der Waals surface area contributed by atoms with E-state index in [1.165, 1.54) is 11.6 Å². The van der Waals surface area contributed by atoms with Crippen molar-refractivity contribution in [1.82, 2.24) is 18.7 Å². The van der Waals surface area contributed by atoms with Crippen LogP contribution >= 0.6 is 0 Å². The average Bonchev–Trinajstić information content (AvgIpc) is 2.75. The molecule has 0 spiro atoms. The fraction of sp³-hybridized carbons (Fsp3) is 0.643. The summed E-state index contributed by atoms with van der Waals surface area (Å²) in [5.41, 5.74) is 0.154. The molecular formula is C14H21N5O3. The van der Waals surface area contributed by atoms with Gasteiger partial charge in [0.15, 0.2) is 11.2 Å². The molecule has 0 aromatic carbocycles. The minimum atomic E-state index is -0.488. The van der Waals surface area contributed by atoms with Crippen molar-refractivity contribution < 1.29 is 5.11 Å². The Labute approximate surface area is 127 Å². The van der Waals surface area contributed by atoms with Gasteiger partial charge in [-0.05, 0) is 19.8 Å². The number of hydrogen-bond acceptors (Lipinski definition) is 5. The molecule has 0 fully saturated rings. The smallest absolute Gasteiger partial charge is 0.332 e. The summed E-state index contributed by atoms with van der Waals surface area (Å²) in [6.45, 7) is 3.66. The average molecular weight is 307 g/mol. The summed E-state index contributed by atoms with van der Waals surface area (Å²) in [6, 6.07) is 0. The van der Waals surface area contributed by atoms with Gasteiger partial charge in [-0.25, -0.2) is 4.79 Å². The Morgan fingerprint density at radius 2 is 1.86 bits per heavy atom. The number of nitrogens with zero attached hydrogens (tertiary/aromatic N) is 5. The number of β-amino-alcohol motifs (C(OH)–C–C–N with tert-alkyl or cyclic N) is 1. The summed E-state index contributed by atoms with van der Waals surface area (Å²) in [7, 11) is 3.10. The molecule has 22 heavy (non-hydrogen) atoms. The second-order valence-corrected chi connectivity index (χ2v) is 5.94. The predicted molar refractivity (Wildman–Crippen MR) is 83.3 cm³/mol. The zero-order chi connectivity index (χ0) is 16.0. The van der Waals surface area contributed by atoms with Crippen LogP contribution in [0.4, 0.5) is 5.95 Å². The van der Waals surface area contributed by atoms with E-state index in [9.17, 15) is 14.7 Å². The Morgan fingerprint density at radius 1 is 1.18 bits per heavy atom. The number of aromatic nitrogens is 4. The van der Waals surface area contributed by atoms with E-state index in [2.05, 4.69) is 4.98 Å². The minimum Gasteiger partial charge on any atom is -0.392 e. The SMILES string of the molecule is CC(O)CN1CCCCn2c1nc1c2c(=O)n(C)c(=O)n1C. The summed E-state index contributed by atoms with van der Waals surface area (Å²) in [5, 5.41) is 9.69. The molecule has 1 unspecified atom stereocenters. The Hall–Kier alpha value is -2.09. The van der Waals surface area contributed by atoms with E-state index in [-0.39, 0.29) is 11.2 Å². The lowest BCUT2D eigenvalue weighted by atomic mass is 10.3. The molecular weight excluding hydrogens is 286 g/mol. The van der Waals surface area contributed by atoms with Crippen LogP contribution in [0.5, 0.6) is 0 Å². The fourth-order valence-corrected chi connectivity index (χ4v) is 3.05. The highest BCUT2D eigenvalue weighted by molar-refractivity contribution is 5.74. The highest BCUT2D eigenvalue weighted by Gasteiger charge is 2.24. The van der Waals surface area contributed by atoms with Gasteiger partial charge in [-0.15, -0.1) is 0 Å². The first-order valence-corrected chi connectivity index (χ1v) is 7.51. The normalized spacial score (nSPS) is 16.6. The standard InChI is InChI=1S/C14H21N5O3/c1-9(20)8-18-6-4-5-7-19-10-11(15-13(18)19)16(2)14(22)17(3)12(10)21/h9,20H,4-8H2,1-3H3. The Kier molecular flexibility index (Phi) is 3.56. The van der Waals surface area contributed by atoms with Gasteiger partial charge < -0.3 is 14.6 Å². The Balaban J connectivity index is 2.32. The minimum absolute atomic E-state index is 0.323. The third-order valence-corrected chi connectivity index (χ3v) is 4.16. The molecule has 1 aliphatic heterocycles. The second kappa shape index (κ2) is 5.28. The van der Waals surface area contributed by atoms with Crippen LogP contribution in [-0.2, 0) is 20.6 Å². The summed E-state index contributed by atoms with van der Waals surface area (Å²) >= 11 is 0. The lowest BCUT2D eigenvalue weighted by Gasteiger charge is -2.23. The molecule has 0 aliphatic carbocycles. The van der Waals surface area contributed by atoms with E-state index in [4.69, 9.17) is 0 Å². The number of aliphatic hydroxyl groups excluding tert-OH is 1. The van der Waals surface area contributed by atoms with E-state index in [1.54, 1.807) is 14.0 Å². The van der Waals surface area contributed by atoms with Crippen LogP contribution in [-0.4, -0.2) is 43.0 Å². The van der Waals surface area contributed by atoms with Crippen molar-refractivity contribution in [3.05, 3.63) is 20.8 Å². The van der Waals surface area contributed by atoms with Crippen molar-refractivity contribution >= 4 is 17.1 Å². The van der Waals surface area contributed by atoms with E-state index in [0.29, 0.717) is 30.2 Å². The van der Waals surface area contributed by atoms with Crippen LogP contribution in [0.2, 0.25) is 0 Å². The molecule has 2 aromatic heterocycles. The molecule has 120 valence electrons. The van der Waals surface area contributed by atoms with Crippen molar-refractivity contribution in [3.8, 4) is 0 Å². The van der Waals surface area contributed by atoms with Crippen LogP contribution in [0.25, 0.3) is 11.2 Å². The van der Waals surface area contributed by atoms with E-state index < -0.39 is 6.10 Å². The molecule has 0 amide bonds. The van der Waals surface area contributed by atoms with E-state index in [0.717, 1.165) is 24.0 Å². The summed E-state index contributed by atoms with van der Waals surface area (Å²) < 4.78 is 4.40. The lowest BCUT2D eigenvalue weighted by Crippen LogP contribution is -2.37. The second-order valence-electron chi connectivity index (χ2n) is 5.94. The maximum absolute atomic E-state index is 12.5. The number of fused-ring (bicyclic) bond motifs is 3. The largest absolute Gasteiger partial charge is 0.392 e. The molecule has 1 atom stereocenters. The van der Waals surface area contributed by atoms with Gasteiger partial charge >= 0.3 is 5.69 Å². The molecule has 8 heteroatoms. The van der Waals surface area contributed by atoms with Crippen LogP contribution in [0.3, 0.4) is 0 Å². The van der Waals surface area contributed by atoms with Gasteiger partial charge in [0.25, 0.3) is 5.56 Å². The third-order valence-electron chi connectivity index (χ3n) is 4.16. The molecule has 8 nitrogen and oxygen atoms in total. The first-order chi connectivity index (χ1) is 10.4. The fourth-order valence-electron chi connectivity index (χ4n) is 3.05. The molecule has 3 rings (SSSR count). The number of hydrogen-bond donors (Lipinski definition) is 1. The van der Waals surface area contributed by atoms with Crippen LogP contribution in [0.15, 0.2) is 9.59 Å². The number of rotatable bonds is 2. The van der Waals surface area contributed by atoms with E-state index in [1.807, 2.05) is 9.47 Å². The molecule has 2 aromatic rings. The van der Waals surface area contributed by atoms with E-state index >= 15 is 0 Å². The summed E-state index contributed by atoms with van der Waals surface area (Å²) in [4.78, 5) is 31.1. The first-order valence-electron chi connectivity index (χ1n) is 7.51. The highest BCUT2D eigenvalue weighted by Crippen LogP contribution is 2.23. The molecule has 3 heterocycles.